The highest BCUT2D eigenvalue weighted by Crippen LogP contribution is 1.90. The van der Waals surface area contributed by atoms with Crippen LogP contribution in [0.15, 0.2) is 10.3 Å². The highest BCUT2D eigenvalue weighted by Gasteiger charge is 1.90. The molecule has 0 aliphatic carbocycles. The van der Waals surface area contributed by atoms with Crippen molar-refractivity contribution in [2.45, 2.75) is 27.7 Å². The van der Waals surface area contributed by atoms with Crippen LogP contribution in [0.3, 0.4) is 0 Å². The van der Waals surface area contributed by atoms with E-state index in [2.05, 4.69) is 49.0 Å². The van der Waals surface area contributed by atoms with E-state index in [0.29, 0.717) is 11.8 Å². The first-order chi connectivity index (χ1) is 5.63. The van der Waals surface area contributed by atoms with Gasteiger partial charge in [-0.1, -0.05) is 32.9 Å². The van der Waals surface area contributed by atoms with Gasteiger partial charge in [0.2, 0.25) is 0 Å². The quantitative estimate of drug-likeness (QED) is 0.400. The molecule has 13 heavy (non-hydrogen) atoms. The van der Waals surface area contributed by atoms with Crippen LogP contribution in [0.25, 0.3) is 0 Å². The minimum absolute atomic E-state index is 0. The average Bonchev–Trinajstić information content (AvgIpc) is 1.95. The summed E-state index contributed by atoms with van der Waals surface area (Å²) in [6.45, 7) is 10.2. The normalized spacial score (nSPS) is 10.9. The van der Waals surface area contributed by atoms with E-state index in [-0.39, 0.29) is 12.4 Å². The summed E-state index contributed by atoms with van der Waals surface area (Å²) in [6.07, 6.45) is 0. The van der Waals surface area contributed by atoms with E-state index in [9.17, 15) is 0 Å². The number of hydrogen-bond acceptors (Lipinski definition) is 3. The lowest BCUT2D eigenvalue weighted by Gasteiger charge is -2.04. The van der Waals surface area contributed by atoms with E-state index in [4.69, 9.17) is 0 Å². The summed E-state index contributed by atoms with van der Waals surface area (Å²) in [5.41, 5.74) is 5.63. The summed E-state index contributed by atoms with van der Waals surface area (Å²) >= 11 is 0. The Morgan fingerprint density at radius 1 is 1.08 bits per heavy atom. The van der Waals surface area contributed by atoms with Crippen LogP contribution in [0.1, 0.15) is 27.7 Å². The first kappa shape index (κ1) is 15.1. The fourth-order valence-electron chi connectivity index (χ4n) is 0.525. The largest absolute Gasteiger partial charge is 0.224 e. The number of halogens is 1. The third kappa shape index (κ3) is 14.5. The fourth-order valence-corrected chi connectivity index (χ4v) is 0.525. The number of hydrazine groups is 1. The molecule has 80 valence electrons. The standard InChI is InChI=1S/C8H20N4.ClH/c1-7(2)5-9-11-12-10-6-8(3)4;/h7-8H,5-6H2,1-4H3,(H,9,12)(H,10,11);1H. The van der Waals surface area contributed by atoms with Gasteiger partial charge in [-0.05, 0) is 11.8 Å². The topological polar surface area (TPSA) is 48.8 Å². The van der Waals surface area contributed by atoms with Crippen molar-refractivity contribution in [2.24, 2.45) is 22.2 Å². The molecular formula is C8H21ClN4. The first-order valence-corrected chi connectivity index (χ1v) is 4.47. The lowest BCUT2D eigenvalue weighted by molar-refractivity contribution is 0.461. The van der Waals surface area contributed by atoms with Crippen LogP contribution < -0.4 is 11.0 Å². The molecule has 0 unspecified atom stereocenters. The Bertz CT molecular complexity index is 125. The van der Waals surface area contributed by atoms with Gasteiger partial charge in [0.1, 0.15) is 0 Å². The van der Waals surface area contributed by atoms with E-state index in [1.54, 1.807) is 0 Å². The van der Waals surface area contributed by atoms with Gasteiger partial charge in [-0.15, -0.1) is 12.4 Å². The molecule has 0 rings (SSSR count). The maximum absolute atomic E-state index is 3.92. The fraction of sp³-hybridized carbons (Fsp3) is 1.00. The molecule has 0 spiro atoms. The smallest absolute Gasteiger partial charge is 0.0643 e. The van der Waals surface area contributed by atoms with Crippen LogP contribution in [0.4, 0.5) is 0 Å². The SMILES string of the molecule is CC(C)CN=NNNCC(C)C.Cl. The monoisotopic (exact) mass is 208 g/mol. The lowest BCUT2D eigenvalue weighted by Crippen LogP contribution is -2.30. The highest BCUT2D eigenvalue weighted by molar-refractivity contribution is 5.85. The Labute approximate surface area is 86.9 Å². The van der Waals surface area contributed by atoms with Gasteiger partial charge < -0.3 is 0 Å². The summed E-state index contributed by atoms with van der Waals surface area (Å²) in [4.78, 5) is 0. The molecule has 0 heterocycles. The van der Waals surface area contributed by atoms with E-state index in [1.807, 2.05) is 0 Å². The Kier molecular flexibility index (Phi) is 11.3. The van der Waals surface area contributed by atoms with E-state index in [1.165, 1.54) is 0 Å². The zero-order chi connectivity index (χ0) is 9.40. The number of nitrogens with zero attached hydrogens (tertiary/aromatic N) is 2. The van der Waals surface area contributed by atoms with Crippen molar-refractivity contribution < 1.29 is 0 Å². The van der Waals surface area contributed by atoms with Gasteiger partial charge in [0.05, 0.1) is 6.54 Å². The van der Waals surface area contributed by atoms with Crippen LogP contribution in [-0.2, 0) is 0 Å². The lowest BCUT2D eigenvalue weighted by atomic mass is 10.2. The maximum Gasteiger partial charge on any atom is 0.0643 e. The molecule has 0 aliphatic heterocycles. The first-order valence-electron chi connectivity index (χ1n) is 4.47. The van der Waals surface area contributed by atoms with Crippen LogP contribution in [0, 0.1) is 11.8 Å². The van der Waals surface area contributed by atoms with Crippen LogP contribution >= 0.6 is 12.4 Å². The van der Waals surface area contributed by atoms with E-state index < -0.39 is 0 Å². The van der Waals surface area contributed by atoms with Gasteiger partial charge in [-0.3, -0.25) is 0 Å². The molecule has 2 N–H and O–H groups in total. The summed E-state index contributed by atoms with van der Waals surface area (Å²) in [5.74, 6) is 1.19. The van der Waals surface area contributed by atoms with E-state index >= 15 is 0 Å². The van der Waals surface area contributed by atoms with Crippen molar-refractivity contribution in [2.75, 3.05) is 13.1 Å². The molecule has 0 aromatic carbocycles. The molecule has 0 aromatic rings. The third-order valence-electron chi connectivity index (χ3n) is 1.16. The predicted octanol–water partition coefficient (Wildman–Crippen LogP) is 2.18. The molecule has 5 heteroatoms. The third-order valence-corrected chi connectivity index (χ3v) is 1.16. The predicted molar refractivity (Wildman–Crippen MR) is 57.8 cm³/mol. The Morgan fingerprint density at radius 2 is 1.69 bits per heavy atom. The summed E-state index contributed by atoms with van der Waals surface area (Å²) in [6, 6.07) is 0. The van der Waals surface area contributed by atoms with Crippen molar-refractivity contribution in [3.8, 4) is 0 Å². The average molecular weight is 209 g/mol. The molecule has 0 aliphatic rings. The molecule has 0 amide bonds. The zero-order valence-electron chi connectivity index (χ0n) is 8.87. The van der Waals surface area contributed by atoms with Crippen molar-refractivity contribution in [3.05, 3.63) is 0 Å². The molecule has 0 bridgehead atoms. The molecule has 0 radical (unpaired) electrons. The summed E-state index contributed by atoms with van der Waals surface area (Å²) < 4.78 is 0. The minimum atomic E-state index is 0. The van der Waals surface area contributed by atoms with Crippen LogP contribution in [0.2, 0.25) is 0 Å². The number of rotatable bonds is 6. The summed E-state index contributed by atoms with van der Waals surface area (Å²) in [5, 5.41) is 7.67. The molecule has 0 saturated carbocycles. The van der Waals surface area contributed by atoms with Crippen molar-refractivity contribution >= 4 is 12.4 Å². The van der Waals surface area contributed by atoms with Crippen molar-refractivity contribution in [1.29, 1.82) is 0 Å². The van der Waals surface area contributed by atoms with Gasteiger partial charge in [0, 0.05) is 6.54 Å². The number of nitrogens with one attached hydrogen (secondary N) is 2. The number of hydrogen-bond donors (Lipinski definition) is 2. The van der Waals surface area contributed by atoms with Gasteiger partial charge in [0.15, 0.2) is 0 Å². The maximum atomic E-state index is 3.92. The van der Waals surface area contributed by atoms with Crippen LogP contribution in [-0.4, -0.2) is 13.1 Å². The van der Waals surface area contributed by atoms with Gasteiger partial charge >= 0.3 is 0 Å². The van der Waals surface area contributed by atoms with Crippen molar-refractivity contribution in [1.82, 2.24) is 11.0 Å². The van der Waals surface area contributed by atoms with Crippen LogP contribution in [0.5, 0.6) is 0 Å². The second-order valence-corrected chi connectivity index (χ2v) is 3.70. The second-order valence-electron chi connectivity index (χ2n) is 3.70. The zero-order valence-corrected chi connectivity index (χ0v) is 9.69. The Balaban J connectivity index is 0. The van der Waals surface area contributed by atoms with E-state index in [0.717, 1.165) is 13.1 Å². The molecule has 0 aromatic heterocycles. The molecule has 4 nitrogen and oxygen atoms in total. The molecular weight excluding hydrogens is 188 g/mol. The highest BCUT2D eigenvalue weighted by atomic mass is 35.5. The minimum Gasteiger partial charge on any atom is -0.224 e. The molecule has 0 atom stereocenters. The van der Waals surface area contributed by atoms with Crippen molar-refractivity contribution in [3.63, 3.8) is 0 Å². The van der Waals surface area contributed by atoms with Gasteiger partial charge in [-0.25, -0.2) is 11.0 Å². The Hall–Kier alpha value is -0.350. The summed E-state index contributed by atoms with van der Waals surface area (Å²) in [7, 11) is 0. The molecule has 0 saturated heterocycles. The van der Waals surface area contributed by atoms with Gasteiger partial charge in [-0.2, -0.15) is 5.11 Å². The Morgan fingerprint density at radius 3 is 2.15 bits per heavy atom. The second kappa shape index (κ2) is 9.74. The van der Waals surface area contributed by atoms with Gasteiger partial charge in [0.25, 0.3) is 0 Å². The molecule has 0 fully saturated rings.